The fourth-order valence-electron chi connectivity index (χ4n) is 8.30. The van der Waals surface area contributed by atoms with Crippen LogP contribution in [0.25, 0.3) is 0 Å². The Hall–Kier alpha value is -5.60. The van der Waals surface area contributed by atoms with Gasteiger partial charge in [-0.2, -0.15) is 18.4 Å². The van der Waals surface area contributed by atoms with Gasteiger partial charge in [0.15, 0.2) is 5.11 Å². The Balaban J connectivity index is 1.05. The number of thiocarbonyl (C=S) groups is 1. The van der Waals surface area contributed by atoms with Gasteiger partial charge < -0.3 is 20.3 Å². The molecule has 60 heavy (non-hydrogen) atoms. The molecule has 0 bridgehead atoms. The zero-order chi connectivity index (χ0) is 43.7. The van der Waals surface area contributed by atoms with Crippen molar-refractivity contribution in [1.29, 1.82) is 5.26 Å². The summed E-state index contributed by atoms with van der Waals surface area (Å²) in [6.07, 6.45) is -0.110. The average molecular weight is 847 g/mol. The number of hydrogen-bond donors (Lipinski definition) is 3. The zero-order valence-corrected chi connectivity index (χ0v) is 35.2. The first-order chi connectivity index (χ1) is 28.3. The molecular formula is C43H49F3N8O5S. The first-order valence-corrected chi connectivity index (χ1v) is 20.4. The summed E-state index contributed by atoms with van der Waals surface area (Å²) in [6, 6.07) is 13.4. The van der Waals surface area contributed by atoms with Crippen molar-refractivity contribution >= 4 is 63.7 Å². The number of nitriles is 1. The standard InChI is InChI=1S/C43H49F3N8O5S/c1-24(2)33-19-32(54-41(60)53(40(58)42(54,5)6)31-11-10-28(21-47)34(20-31)43(44,45)46)22-48-39(33)59-15-14-27-16-25(3)52(26(4)17-27)23-37(56)50-30-9-7-8-29(18-30)49-35-12-13-36(55)51-38(35)57/h7-11,18-20,22,24-27,35,49H,12-17,23H2,1-6H3,(H,50,56)(H,51,55,57)/t25-,26+,27?,35?. The number of pyridine rings is 1. The predicted molar refractivity (Wildman–Crippen MR) is 224 cm³/mol. The number of hydrogen-bond acceptors (Lipinski definition) is 10. The van der Waals surface area contributed by atoms with Crippen molar-refractivity contribution in [2.45, 2.75) is 109 Å². The minimum absolute atomic E-state index is 0.0198. The largest absolute Gasteiger partial charge is 0.477 e. The maximum Gasteiger partial charge on any atom is 0.417 e. The number of rotatable bonds is 12. The van der Waals surface area contributed by atoms with Gasteiger partial charge in [-0.25, -0.2) is 4.98 Å². The van der Waals surface area contributed by atoms with Crippen molar-refractivity contribution in [3.8, 4) is 11.9 Å². The number of piperidine rings is 2. The van der Waals surface area contributed by atoms with Crippen molar-refractivity contribution in [2.24, 2.45) is 5.92 Å². The van der Waals surface area contributed by atoms with Gasteiger partial charge in [0.05, 0.1) is 47.9 Å². The number of aromatic nitrogens is 1. The molecule has 1 aromatic heterocycles. The summed E-state index contributed by atoms with van der Waals surface area (Å²) in [5.74, 6) is -0.592. The Morgan fingerprint density at radius 1 is 1.07 bits per heavy atom. The van der Waals surface area contributed by atoms with Crippen LogP contribution in [0.1, 0.15) is 96.3 Å². The maximum absolute atomic E-state index is 13.8. The van der Waals surface area contributed by atoms with Gasteiger partial charge in [0, 0.05) is 35.4 Å². The number of nitrogens with zero attached hydrogens (tertiary/aromatic N) is 5. The summed E-state index contributed by atoms with van der Waals surface area (Å²) >= 11 is 5.73. The van der Waals surface area contributed by atoms with Crippen molar-refractivity contribution < 1.29 is 37.1 Å². The van der Waals surface area contributed by atoms with E-state index in [1.54, 1.807) is 55.3 Å². The van der Waals surface area contributed by atoms with Crippen LogP contribution in [0, 0.1) is 17.2 Å². The van der Waals surface area contributed by atoms with Gasteiger partial charge in [-0.05, 0) is 120 Å². The second-order valence-electron chi connectivity index (χ2n) is 16.5. The predicted octanol–water partition coefficient (Wildman–Crippen LogP) is 7.13. The summed E-state index contributed by atoms with van der Waals surface area (Å²) in [6.45, 7) is 12.1. The zero-order valence-electron chi connectivity index (χ0n) is 34.4. The Kier molecular flexibility index (Phi) is 12.9. The first-order valence-electron chi connectivity index (χ1n) is 20.0. The van der Waals surface area contributed by atoms with Crippen LogP contribution in [0.2, 0.25) is 0 Å². The van der Waals surface area contributed by atoms with E-state index in [9.17, 15) is 37.6 Å². The molecule has 0 radical (unpaired) electrons. The molecular weight excluding hydrogens is 798 g/mol. The molecule has 17 heteroatoms. The SMILES string of the molecule is CC(C)c1cc(N2C(=S)N(c3ccc(C#N)c(C(F)(F)F)c3)C(=O)C2(C)C)cnc1OCCC1C[C@@H](C)N(CC(=O)Nc2cccc(NC3CCC(=O)NC3=O)c2)[C@@H](C)C1. The highest BCUT2D eigenvalue weighted by molar-refractivity contribution is 7.81. The van der Waals surface area contributed by atoms with Crippen LogP contribution in [0.4, 0.5) is 35.9 Å². The van der Waals surface area contributed by atoms with Crippen LogP contribution in [-0.4, -0.2) is 75.4 Å². The highest BCUT2D eigenvalue weighted by Crippen LogP contribution is 2.41. The topological polar surface area (TPSA) is 160 Å². The van der Waals surface area contributed by atoms with Crippen LogP contribution in [-0.2, 0) is 25.4 Å². The minimum atomic E-state index is -4.81. The molecule has 4 atom stereocenters. The molecule has 6 rings (SSSR count). The Morgan fingerprint density at radius 3 is 2.42 bits per heavy atom. The third kappa shape index (κ3) is 9.39. The lowest BCUT2D eigenvalue weighted by Gasteiger charge is -2.42. The third-order valence-electron chi connectivity index (χ3n) is 11.4. The number of nitrogens with one attached hydrogen (secondary N) is 3. The molecule has 318 valence electrons. The number of imide groups is 1. The normalized spacial score (nSPS) is 22.1. The summed E-state index contributed by atoms with van der Waals surface area (Å²) in [5, 5.41) is 17.7. The molecule has 0 saturated carbocycles. The number of likely N-dealkylation sites (tertiary alicyclic amines) is 1. The molecule has 3 aromatic rings. The summed E-state index contributed by atoms with van der Waals surface area (Å²) in [7, 11) is 0. The Labute approximate surface area is 352 Å². The Bertz CT molecular complexity index is 2210. The highest BCUT2D eigenvalue weighted by Gasteiger charge is 2.51. The van der Waals surface area contributed by atoms with Crippen molar-refractivity contribution in [1.82, 2.24) is 15.2 Å². The van der Waals surface area contributed by atoms with Gasteiger partial charge in [0.2, 0.25) is 23.6 Å². The molecule has 3 fully saturated rings. The smallest absolute Gasteiger partial charge is 0.417 e. The van der Waals surface area contributed by atoms with Crippen molar-refractivity contribution in [3.63, 3.8) is 0 Å². The second kappa shape index (κ2) is 17.6. The van der Waals surface area contributed by atoms with Crippen LogP contribution in [0.3, 0.4) is 0 Å². The lowest BCUT2D eigenvalue weighted by molar-refractivity contribution is -0.138. The molecule has 13 nitrogen and oxygen atoms in total. The van der Waals surface area contributed by atoms with Gasteiger partial charge in [-0.15, -0.1) is 0 Å². The van der Waals surface area contributed by atoms with E-state index in [2.05, 4.69) is 39.7 Å². The van der Waals surface area contributed by atoms with Gasteiger partial charge >= 0.3 is 6.18 Å². The molecule has 3 N–H and O–H groups in total. The molecule has 0 spiro atoms. The number of ether oxygens (including phenoxy) is 1. The van der Waals surface area contributed by atoms with E-state index in [1.165, 1.54) is 6.07 Å². The number of carbonyl (C=O) groups excluding carboxylic acids is 4. The molecule has 4 heterocycles. The minimum Gasteiger partial charge on any atom is -0.477 e. The number of halogens is 3. The number of anilines is 4. The van der Waals surface area contributed by atoms with E-state index in [-0.39, 0.29) is 59.5 Å². The third-order valence-corrected chi connectivity index (χ3v) is 11.8. The molecule has 4 amide bonds. The summed E-state index contributed by atoms with van der Waals surface area (Å²) < 4.78 is 47.7. The van der Waals surface area contributed by atoms with Crippen LogP contribution in [0.5, 0.6) is 5.88 Å². The first kappa shape index (κ1) is 44.0. The van der Waals surface area contributed by atoms with Crippen molar-refractivity contribution in [3.05, 3.63) is 71.4 Å². The summed E-state index contributed by atoms with van der Waals surface area (Å²) in [4.78, 5) is 60.1. The van der Waals surface area contributed by atoms with Gasteiger partial charge in [-0.3, -0.25) is 34.3 Å². The van der Waals surface area contributed by atoms with Gasteiger partial charge in [0.25, 0.3) is 5.91 Å². The van der Waals surface area contributed by atoms with Crippen molar-refractivity contribution in [2.75, 3.05) is 33.6 Å². The fraction of sp³-hybridized carbons (Fsp3) is 0.465. The number of alkyl halides is 3. The lowest BCUT2D eigenvalue weighted by atomic mass is 9.85. The van der Waals surface area contributed by atoms with Crippen LogP contribution >= 0.6 is 12.2 Å². The van der Waals surface area contributed by atoms with Crippen LogP contribution < -0.4 is 30.5 Å². The molecule has 0 aliphatic carbocycles. The fourth-order valence-corrected chi connectivity index (χ4v) is 8.82. The number of benzene rings is 2. The van der Waals surface area contributed by atoms with Crippen LogP contribution in [0.15, 0.2) is 54.7 Å². The monoisotopic (exact) mass is 846 g/mol. The summed E-state index contributed by atoms with van der Waals surface area (Å²) in [5.41, 5.74) is -0.556. The molecule has 3 aliphatic heterocycles. The molecule has 3 aliphatic rings. The van der Waals surface area contributed by atoms with E-state index in [0.717, 1.165) is 41.9 Å². The van der Waals surface area contributed by atoms with E-state index in [1.807, 2.05) is 19.9 Å². The maximum atomic E-state index is 13.8. The molecule has 2 unspecified atom stereocenters. The van der Waals surface area contributed by atoms with E-state index < -0.39 is 34.8 Å². The average Bonchev–Trinajstić information content (AvgIpc) is 3.35. The van der Waals surface area contributed by atoms with E-state index in [4.69, 9.17) is 17.0 Å². The quantitative estimate of drug-likeness (QED) is 0.126. The molecule has 3 saturated heterocycles. The van der Waals surface area contributed by atoms with E-state index >= 15 is 0 Å². The van der Waals surface area contributed by atoms with Gasteiger partial charge in [0.1, 0.15) is 11.6 Å². The second-order valence-corrected chi connectivity index (χ2v) is 16.9. The number of amides is 4. The lowest BCUT2D eigenvalue weighted by Crippen LogP contribution is -2.49. The number of carbonyl (C=O) groups is 4. The highest BCUT2D eigenvalue weighted by atomic mass is 32.1. The Morgan fingerprint density at radius 2 is 1.77 bits per heavy atom. The molecule has 2 aromatic carbocycles. The van der Waals surface area contributed by atoms with E-state index in [0.29, 0.717) is 41.9 Å². The van der Waals surface area contributed by atoms with Gasteiger partial charge in [-0.1, -0.05) is 19.9 Å².